The van der Waals surface area contributed by atoms with Gasteiger partial charge in [-0.05, 0) is 48.4 Å². The lowest BCUT2D eigenvalue weighted by molar-refractivity contribution is 0.572. The van der Waals surface area contributed by atoms with Crippen LogP contribution in [0, 0.1) is 0 Å². The number of hydrogen-bond donors (Lipinski definition) is 1. The van der Waals surface area contributed by atoms with Crippen LogP contribution in [0.1, 0.15) is 36.6 Å². The molecule has 0 saturated heterocycles. The van der Waals surface area contributed by atoms with E-state index in [-0.39, 0.29) is 0 Å². The van der Waals surface area contributed by atoms with Crippen LogP contribution in [0.25, 0.3) is 0 Å². The highest BCUT2D eigenvalue weighted by Gasteiger charge is 2.06. The molecule has 0 aliphatic heterocycles. The summed E-state index contributed by atoms with van der Waals surface area (Å²) in [4.78, 5) is 1.32. The van der Waals surface area contributed by atoms with E-state index in [1.165, 1.54) is 21.6 Å². The van der Waals surface area contributed by atoms with Gasteiger partial charge in [0.2, 0.25) is 0 Å². The van der Waals surface area contributed by atoms with Crippen molar-refractivity contribution in [3.63, 3.8) is 0 Å². The van der Waals surface area contributed by atoms with Crippen LogP contribution in [0.15, 0.2) is 53.4 Å². The Hall–Kier alpha value is -1.25. The molecule has 0 aromatic heterocycles. The van der Waals surface area contributed by atoms with Crippen molar-refractivity contribution in [3.8, 4) is 0 Å². The molecular formula is C18H23NS. The Labute approximate surface area is 126 Å². The van der Waals surface area contributed by atoms with E-state index in [1.807, 2.05) is 0 Å². The lowest BCUT2D eigenvalue weighted by Crippen LogP contribution is -2.18. The summed E-state index contributed by atoms with van der Waals surface area (Å²) in [6, 6.07) is 17.9. The third-order valence-corrected chi connectivity index (χ3v) is 4.46. The molecule has 20 heavy (non-hydrogen) atoms. The van der Waals surface area contributed by atoms with E-state index in [1.54, 1.807) is 11.8 Å². The van der Waals surface area contributed by atoms with Crippen LogP contribution >= 0.6 is 11.8 Å². The molecule has 0 amide bonds. The number of benzene rings is 2. The molecular weight excluding hydrogens is 262 g/mol. The van der Waals surface area contributed by atoms with Crippen molar-refractivity contribution in [2.45, 2.75) is 37.8 Å². The average Bonchev–Trinajstić information content (AvgIpc) is 2.53. The van der Waals surface area contributed by atoms with Gasteiger partial charge in [-0.1, -0.05) is 43.3 Å². The summed E-state index contributed by atoms with van der Waals surface area (Å²) < 4.78 is 0. The molecule has 0 aliphatic carbocycles. The quantitative estimate of drug-likeness (QED) is 0.764. The van der Waals surface area contributed by atoms with Crippen LogP contribution in [-0.4, -0.2) is 6.26 Å². The highest BCUT2D eigenvalue weighted by molar-refractivity contribution is 7.98. The van der Waals surface area contributed by atoms with Crippen molar-refractivity contribution in [1.82, 2.24) is 5.32 Å². The van der Waals surface area contributed by atoms with Crippen molar-refractivity contribution in [3.05, 3.63) is 65.2 Å². The monoisotopic (exact) mass is 285 g/mol. The predicted molar refractivity (Wildman–Crippen MR) is 89.3 cm³/mol. The SMILES string of the molecule is CCc1ccccc1CNC(C)c1ccc(SC)cc1. The molecule has 2 rings (SSSR count). The van der Waals surface area contributed by atoms with Gasteiger partial charge in [-0.15, -0.1) is 11.8 Å². The molecule has 0 spiro atoms. The van der Waals surface area contributed by atoms with Crippen LogP contribution < -0.4 is 5.32 Å². The van der Waals surface area contributed by atoms with Gasteiger partial charge in [-0.3, -0.25) is 0 Å². The van der Waals surface area contributed by atoms with Gasteiger partial charge in [-0.2, -0.15) is 0 Å². The topological polar surface area (TPSA) is 12.0 Å². The second kappa shape index (κ2) is 7.51. The minimum atomic E-state index is 0.371. The van der Waals surface area contributed by atoms with Crippen molar-refractivity contribution in [2.75, 3.05) is 6.26 Å². The van der Waals surface area contributed by atoms with E-state index in [4.69, 9.17) is 0 Å². The number of nitrogens with one attached hydrogen (secondary N) is 1. The number of rotatable bonds is 6. The zero-order chi connectivity index (χ0) is 14.4. The van der Waals surface area contributed by atoms with E-state index in [0.29, 0.717) is 6.04 Å². The fourth-order valence-corrected chi connectivity index (χ4v) is 2.76. The van der Waals surface area contributed by atoms with Crippen molar-refractivity contribution < 1.29 is 0 Å². The van der Waals surface area contributed by atoms with Crippen molar-refractivity contribution in [2.24, 2.45) is 0 Å². The second-order valence-electron chi connectivity index (χ2n) is 5.00. The normalized spacial score (nSPS) is 12.3. The third kappa shape index (κ3) is 3.87. The first-order valence-electron chi connectivity index (χ1n) is 7.18. The lowest BCUT2D eigenvalue weighted by atomic mass is 10.0. The highest BCUT2D eigenvalue weighted by atomic mass is 32.2. The molecule has 1 atom stereocenters. The predicted octanol–water partition coefficient (Wildman–Crippen LogP) is 4.82. The molecule has 0 aliphatic rings. The molecule has 1 N–H and O–H groups in total. The summed E-state index contributed by atoms with van der Waals surface area (Å²) in [6.07, 6.45) is 3.20. The second-order valence-corrected chi connectivity index (χ2v) is 5.88. The van der Waals surface area contributed by atoms with Gasteiger partial charge in [0.05, 0.1) is 0 Å². The molecule has 1 nitrogen and oxygen atoms in total. The Kier molecular flexibility index (Phi) is 5.69. The summed E-state index contributed by atoms with van der Waals surface area (Å²) in [5.41, 5.74) is 4.18. The Morgan fingerprint density at radius 3 is 2.25 bits per heavy atom. The molecule has 2 aromatic carbocycles. The maximum atomic E-state index is 3.62. The van der Waals surface area contributed by atoms with E-state index >= 15 is 0 Å². The van der Waals surface area contributed by atoms with Gasteiger partial charge in [0.25, 0.3) is 0 Å². The minimum absolute atomic E-state index is 0.371. The van der Waals surface area contributed by atoms with Gasteiger partial charge in [0, 0.05) is 17.5 Å². The highest BCUT2D eigenvalue weighted by Crippen LogP contribution is 2.19. The van der Waals surface area contributed by atoms with E-state index in [2.05, 4.69) is 74.0 Å². The first-order valence-corrected chi connectivity index (χ1v) is 8.41. The summed E-state index contributed by atoms with van der Waals surface area (Å²) in [5, 5.41) is 3.62. The van der Waals surface area contributed by atoms with Crippen molar-refractivity contribution >= 4 is 11.8 Å². The summed E-state index contributed by atoms with van der Waals surface area (Å²) in [7, 11) is 0. The molecule has 2 heteroatoms. The Morgan fingerprint density at radius 1 is 1.00 bits per heavy atom. The van der Waals surface area contributed by atoms with Crippen LogP contribution in [-0.2, 0) is 13.0 Å². The van der Waals surface area contributed by atoms with E-state index in [9.17, 15) is 0 Å². The molecule has 0 fully saturated rings. The van der Waals surface area contributed by atoms with Gasteiger partial charge < -0.3 is 5.32 Å². The van der Waals surface area contributed by atoms with Crippen LogP contribution in [0.4, 0.5) is 0 Å². The van der Waals surface area contributed by atoms with Gasteiger partial charge >= 0.3 is 0 Å². The fraction of sp³-hybridized carbons (Fsp3) is 0.333. The summed E-state index contributed by atoms with van der Waals surface area (Å²) in [6.45, 7) is 5.36. The van der Waals surface area contributed by atoms with Gasteiger partial charge in [0.15, 0.2) is 0 Å². The first kappa shape index (κ1) is 15.1. The van der Waals surface area contributed by atoms with Crippen LogP contribution in [0.3, 0.4) is 0 Å². The Bertz CT molecular complexity index is 533. The first-order chi connectivity index (χ1) is 9.74. The number of aryl methyl sites for hydroxylation is 1. The third-order valence-electron chi connectivity index (χ3n) is 3.71. The number of hydrogen-bond acceptors (Lipinski definition) is 2. The molecule has 0 bridgehead atoms. The van der Waals surface area contributed by atoms with Gasteiger partial charge in [0.1, 0.15) is 0 Å². The average molecular weight is 285 g/mol. The van der Waals surface area contributed by atoms with E-state index in [0.717, 1.165) is 13.0 Å². The zero-order valence-electron chi connectivity index (χ0n) is 12.5. The smallest absolute Gasteiger partial charge is 0.0294 e. The van der Waals surface area contributed by atoms with Crippen LogP contribution in [0.2, 0.25) is 0 Å². The van der Waals surface area contributed by atoms with E-state index < -0.39 is 0 Å². The lowest BCUT2D eigenvalue weighted by Gasteiger charge is -2.16. The number of thioether (sulfide) groups is 1. The fourth-order valence-electron chi connectivity index (χ4n) is 2.35. The maximum Gasteiger partial charge on any atom is 0.0294 e. The Balaban J connectivity index is 1.98. The Morgan fingerprint density at radius 2 is 1.65 bits per heavy atom. The summed E-state index contributed by atoms with van der Waals surface area (Å²) in [5.74, 6) is 0. The molecule has 2 aromatic rings. The maximum absolute atomic E-state index is 3.62. The molecule has 1 unspecified atom stereocenters. The zero-order valence-corrected chi connectivity index (χ0v) is 13.3. The molecule has 0 heterocycles. The standard InChI is InChI=1S/C18H23NS/c1-4-15-7-5-6-8-17(15)13-19-14(2)16-9-11-18(20-3)12-10-16/h5-12,14,19H,4,13H2,1-3H3. The molecule has 106 valence electrons. The molecule has 0 saturated carbocycles. The van der Waals surface area contributed by atoms with Crippen molar-refractivity contribution in [1.29, 1.82) is 0 Å². The molecule has 0 radical (unpaired) electrons. The minimum Gasteiger partial charge on any atom is -0.306 e. The summed E-state index contributed by atoms with van der Waals surface area (Å²) >= 11 is 1.78. The van der Waals surface area contributed by atoms with Gasteiger partial charge in [-0.25, -0.2) is 0 Å². The largest absolute Gasteiger partial charge is 0.306 e. The van der Waals surface area contributed by atoms with Crippen LogP contribution in [0.5, 0.6) is 0 Å².